The maximum atomic E-state index is 12.5. The minimum Gasteiger partial charge on any atom is -0.299 e. The molecule has 0 bridgehead atoms. The number of hydrogen-bond donors (Lipinski definition) is 1. The number of carbonyl (C=O) groups is 1. The Balaban J connectivity index is 1.20. The van der Waals surface area contributed by atoms with Gasteiger partial charge in [-0.2, -0.15) is 0 Å². The summed E-state index contributed by atoms with van der Waals surface area (Å²) in [6.45, 7) is 4.78. The molecule has 1 amide bonds. The van der Waals surface area contributed by atoms with Crippen molar-refractivity contribution in [1.29, 1.82) is 0 Å². The maximum Gasteiger partial charge on any atom is 0.240 e. The molecule has 0 atom stereocenters. The zero-order valence-corrected chi connectivity index (χ0v) is 19.3. The van der Waals surface area contributed by atoms with Crippen molar-refractivity contribution in [1.82, 2.24) is 20.0 Å². The Morgan fingerprint density at radius 3 is 2.50 bits per heavy atom. The van der Waals surface area contributed by atoms with Gasteiger partial charge in [-0.25, -0.2) is 0 Å². The number of piperazine rings is 1. The number of rotatable bonds is 6. The van der Waals surface area contributed by atoms with Crippen molar-refractivity contribution < 1.29 is 4.79 Å². The van der Waals surface area contributed by atoms with E-state index in [1.807, 2.05) is 18.2 Å². The second-order valence-corrected chi connectivity index (χ2v) is 9.95. The Labute approximate surface area is 191 Å². The zero-order valence-electron chi connectivity index (χ0n) is 16.9. The van der Waals surface area contributed by atoms with E-state index in [4.69, 9.17) is 23.2 Å². The Hall–Kier alpha value is -1.25. The fourth-order valence-corrected chi connectivity index (χ4v) is 5.41. The molecule has 4 rings (SSSR count). The normalized spacial score (nSPS) is 19.1. The van der Waals surface area contributed by atoms with Crippen LogP contribution in [0.5, 0.6) is 0 Å². The molecule has 2 aliphatic rings. The monoisotopic (exact) mass is 467 g/mol. The number of carbonyl (C=O) groups excluding carboxylic acids is 1. The lowest BCUT2D eigenvalue weighted by molar-refractivity contribution is -0.117. The van der Waals surface area contributed by atoms with Gasteiger partial charge in [-0.3, -0.25) is 19.9 Å². The fraction of sp³-hybridized carbons (Fsp3) is 0.571. The van der Waals surface area contributed by atoms with E-state index >= 15 is 0 Å². The first-order valence-corrected chi connectivity index (χ1v) is 12.2. The third-order valence-corrected chi connectivity index (χ3v) is 7.60. The Bertz CT molecular complexity index is 863. The highest BCUT2D eigenvalue weighted by molar-refractivity contribution is 7.15. The number of nitrogens with one attached hydrogen (secondary N) is 1. The maximum absolute atomic E-state index is 12.5. The molecule has 1 saturated carbocycles. The molecule has 0 radical (unpaired) electrons. The molecule has 2 aromatic rings. The van der Waals surface area contributed by atoms with Crippen molar-refractivity contribution in [3.63, 3.8) is 0 Å². The smallest absolute Gasteiger partial charge is 0.240 e. The fourth-order valence-electron chi connectivity index (χ4n) is 4.16. The number of aromatic nitrogens is 2. The van der Waals surface area contributed by atoms with E-state index in [2.05, 4.69) is 25.3 Å². The largest absolute Gasteiger partial charge is 0.299 e. The molecule has 9 heteroatoms. The van der Waals surface area contributed by atoms with E-state index in [0.29, 0.717) is 27.6 Å². The number of anilines is 1. The Morgan fingerprint density at radius 1 is 1.03 bits per heavy atom. The molecular weight excluding hydrogens is 441 g/mol. The predicted octanol–water partition coefficient (Wildman–Crippen LogP) is 4.65. The van der Waals surface area contributed by atoms with Crippen LogP contribution in [0.2, 0.25) is 10.0 Å². The molecule has 0 spiro atoms. The standard InChI is InChI=1S/C21H27Cl2N5OS/c22-17-7-6-15(12-18(17)23)13-27-8-10-28(11-9-27)14-19(29)24-21-26-25-20(30-21)16-4-2-1-3-5-16/h6-7,12,16H,1-5,8-11,13-14H2,(H,24,26,29). The van der Waals surface area contributed by atoms with E-state index in [1.165, 1.54) is 43.4 Å². The highest BCUT2D eigenvalue weighted by Crippen LogP contribution is 2.35. The first kappa shape index (κ1) is 22.0. The topological polar surface area (TPSA) is 61.4 Å². The van der Waals surface area contributed by atoms with Gasteiger partial charge in [-0.15, -0.1) is 10.2 Å². The van der Waals surface area contributed by atoms with Gasteiger partial charge in [-0.1, -0.05) is 59.9 Å². The minimum absolute atomic E-state index is 0.0146. The molecule has 30 heavy (non-hydrogen) atoms. The molecule has 0 unspecified atom stereocenters. The second kappa shape index (κ2) is 10.4. The van der Waals surface area contributed by atoms with Gasteiger partial charge < -0.3 is 0 Å². The van der Waals surface area contributed by atoms with Gasteiger partial charge in [0.05, 0.1) is 16.6 Å². The van der Waals surface area contributed by atoms with Crippen LogP contribution in [-0.2, 0) is 11.3 Å². The van der Waals surface area contributed by atoms with E-state index in [1.54, 1.807) is 0 Å². The quantitative estimate of drug-likeness (QED) is 0.669. The molecule has 1 aromatic carbocycles. The lowest BCUT2D eigenvalue weighted by atomic mass is 9.90. The van der Waals surface area contributed by atoms with Crippen molar-refractivity contribution in [2.45, 2.75) is 44.6 Å². The number of nitrogens with zero attached hydrogens (tertiary/aromatic N) is 4. The average Bonchev–Trinajstić information content (AvgIpc) is 3.21. The van der Waals surface area contributed by atoms with Crippen LogP contribution in [0, 0.1) is 0 Å². The van der Waals surface area contributed by atoms with Gasteiger partial charge >= 0.3 is 0 Å². The van der Waals surface area contributed by atoms with Gasteiger partial charge in [0.1, 0.15) is 5.01 Å². The van der Waals surface area contributed by atoms with Crippen LogP contribution < -0.4 is 5.32 Å². The average molecular weight is 468 g/mol. The molecule has 1 saturated heterocycles. The first-order valence-electron chi connectivity index (χ1n) is 10.6. The van der Waals surface area contributed by atoms with E-state index in [9.17, 15) is 4.79 Å². The lowest BCUT2D eigenvalue weighted by Crippen LogP contribution is -2.48. The van der Waals surface area contributed by atoms with Crippen molar-refractivity contribution in [3.05, 3.63) is 38.8 Å². The lowest BCUT2D eigenvalue weighted by Gasteiger charge is -2.34. The molecule has 6 nitrogen and oxygen atoms in total. The molecule has 1 N–H and O–H groups in total. The van der Waals surface area contributed by atoms with Crippen LogP contribution in [0.4, 0.5) is 5.13 Å². The van der Waals surface area contributed by atoms with Crippen LogP contribution in [0.1, 0.15) is 48.6 Å². The summed E-state index contributed by atoms with van der Waals surface area (Å²) in [7, 11) is 0. The number of benzene rings is 1. The van der Waals surface area contributed by atoms with Crippen molar-refractivity contribution in [2.24, 2.45) is 0 Å². The van der Waals surface area contributed by atoms with Crippen LogP contribution in [0.3, 0.4) is 0 Å². The molecule has 1 aliphatic heterocycles. The Kier molecular flexibility index (Phi) is 7.59. The summed E-state index contributed by atoms with van der Waals surface area (Å²) >= 11 is 13.6. The second-order valence-electron chi connectivity index (χ2n) is 8.13. The molecular formula is C21H27Cl2N5OS. The van der Waals surface area contributed by atoms with E-state index in [-0.39, 0.29) is 5.91 Å². The summed E-state index contributed by atoms with van der Waals surface area (Å²) in [6.07, 6.45) is 6.23. The van der Waals surface area contributed by atoms with Crippen LogP contribution >= 0.6 is 34.5 Å². The van der Waals surface area contributed by atoms with Gasteiger partial charge in [0.2, 0.25) is 11.0 Å². The van der Waals surface area contributed by atoms with Crippen LogP contribution in [0.15, 0.2) is 18.2 Å². The molecule has 2 heterocycles. The van der Waals surface area contributed by atoms with Crippen LogP contribution in [0.25, 0.3) is 0 Å². The number of hydrogen-bond acceptors (Lipinski definition) is 6. The summed E-state index contributed by atoms with van der Waals surface area (Å²) in [5.41, 5.74) is 1.15. The Morgan fingerprint density at radius 2 is 1.77 bits per heavy atom. The van der Waals surface area contributed by atoms with Crippen molar-refractivity contribution in [3.8, 4) is 0 Å². The minimum atomic E-state index is -0.0146. The van der Waals surface area contributed by atoms with Crippen molar-refractivity contribution >= 4 is 45.6 Å². The SMILES string of the molecule is O=C(CN1CCN(Cc2ccc(Cl)c(Cl)c2)CC1)Nc1nnc(C2CCCCC2)s1. The summed E-state index contributed by atoms with van der Waals surface area (Å²) in [4.78, 5) is 17.0. The summed E-state index contributed by atoms with van der Waals surface area (Å²) in [6, 6.07) is 5.78. The summed E-state index contributed by atoms with van der Waals surface area (Å²) in [5, 5.41) is 14.3. The number of amides is 1. The molecule has 162 valence electrons. The highest BCUT2D eigenvalue weighted by atomic mass is 35.5. The van der Waals surface area contributed by atoms with Gasteiger partial charge in [-0.05, 0) is 30.5 Å². The first-order chi connectivity index (χ1) is 14.6. The van der Waals surface area contributed by atoms with Gasteiger partial charge in [0.15, 0.2) is 0 Å². The molecule has 2 fully saturated rings. The summed E-state index contributed by atoms with van der Waals surface area (Å²) < 4.78 is 0. The highest BCUT2D eigenvalue weighted by Gasteiger charge is 2.22. The number of halogens is 2. The predicted molar refractivity (Wildman–Crippen MR) is 123 cm³/mol. The zero-order chi connectivity index (χ0) is 20.9. The third kappa shape index (κ3) is 5.92. The molecule has 1 aliphatic carbocycles. The van der Waals surface area contributed by atoms with Gasteiger partial charge in [0, 0.05) is 38.6 Å². The molecule has 1 aromatic heterocycles. The van der Waals surface area contributed by atoms with Crippen molar-refractivity contribution in [2.75, 3.05) is 38.0 Å². The van der Waals surface area contributed by atoms with Gasteiger partial charge in [0.25, 0.3) is 0 Å². The van der Waals surface area contributed by atoms with E-state index < -0.39 is 0 Å². The van der Waals surface area contributed by atoms with E-state index in [0.717, 1.165) is 43.3 Å². The third-order valence-electron chi connectivity index (χ3n) is 5.86. The van der Waals surface area contributed by atoms with Crippen LogP contribution in [-0.4, -0.2) is 58.6 Å². The summed E-state index contributed by atoms with van der Waals surface area (Å²) in [5.74, 6) is 0.504.